The van der Waals surface area contributed by atoms with Crippen molar-refractivity contribution >= 4 is 10.0 Å². The van der Waals surface area contributed by atoms with Gasteiger partial charge in [-0.15, -0.1) is 0 Å². The highest BCUT2D eigenvalue weighted by atomic mass is 32.2. The highest BCUT2D eigenvalue weighted by Gasteiger charge is 2.64. The molecule has 0 saturated carbocycles. The van der Waals surface area contributed by atoms with Crippen LogP contribution in [-0.2, 0) is 14.8 Å². The summed E-state index contributed by atoms with van der Waals surface area (Å²) in [4.78, 5) is 0. The monoisotopic (exact) mass is 311 g/mol. The molecular formula is C12H16F3NO3S. The molecule has 2 N–H and O–H groups in total. The van der Waals surface area contributed by atoms with Gasteiger partial charge in [0.05, 0.1) is 0 Å². The predicted octanol–water partition coefficient (Wildman–Crippen LogP) is 1.74. The molecule has 0 aromatic rings. The fraction of sp³-hybridized carbons (Fsp3) is 0.667. The minimum Gasteiger partial charge on any atom is -0.381 e. The highest BCUT2D eigenvalue weighted by Crippen LogP contribution is 2.54. The zero-order chi connectivity index (χ0) is 15.0. The van der Waals surface area contributed by atoms with Crippen molar-refractivity contribution in [2.45, 2.75) is 24.3 Å². The van der Waals surface area contributed by atoms with Crippen LogP contribution in [0.4, 0.5) is 13.2 Å². The maximum Gasteiger partial charge on any atom is 0.399 e. The van der Waals surface area contributed by atoms with Crippen molar-refractivity contribution < 1.29 is 26.3 Å². The van der Waals surface area contributed by atoms with Gasteiger partial charge >= 0.3 is 6.18 Å². The summed E-state index contributed by atoms with van der Waals surface area (Å²) >= 11 is 0. The van der Waals surface area contributed by atoms with Gasteiger partial charge in [0.25, 0.3) is 0 Å². The quantitative estimate of drug-likeness (QED) is 0.844. The summed E-state index contributed by atoms with van der Waals surface area (Å²) in [6.45, 7) is 0.384. The van der Waals surface area contributed by atoms with E-state index >= 15 is 0 Å². The van der Waals surface area contributed by atoms with Crippen LogP contribution in [-0.4, -0.2) is 33.1 Å². The number of nitrogens with two attached hydrogens (primary N) is 1. The summed E-state index contributed by atoms with van der Waals surface area (Å²) in [7, 11) is -4.36. The number of halogens is 3. The third-order valence-corrected chi connectivity index (χ3v) is 5.24. The average molecular weight is 311 g/mol. The van der Waals surface area contributed by atoms with Gasteiger partial charge < -0.3 is 4.74 Å². The van der Waals surface area contributed by atoms with E-state index in [0.29, 0.717) is 0 Å². The Morgan fingerprint density at radius 2 is 1.80 bits per heavy atom. The molecule has 8 heteroatoms. The van der Waals surface area contributed by atoms with Gasteiger partial charge in [-0.05, 0) is 18.8 Å². The van der Waals surface area contributed by atoms with Crippen molar-refractivity contribution in [3.8, 4) is 0 Å². The number of rotatable bonds is 2. The molecule has 1 saturated heterocycles. The van der Waals surface area contributed by atoms with Crippen LogP contribution in [0.25, 0.3) is 0 Å². The van der Waals surface area contributed by atoms with Crippen molar-refractivity contribution in [2.24, 2.45) is 16.5 Å². The van der Waals surface area contributed by atoms with E-state index in [1.54, 1.807) is 0 Å². The molecule has 1 heterocycles. The van der Waals surface area contributed by atoms with Crippen LogP contribution in [0.2, 0.25) is 0 Å². The lowest BCUT2D eigenvalue weighted by molar-refractivity contribution is -0.228. The van der Waals surface area contributed by atoms with E-state index in [1.807, 2.05) is 0 Å². The van der Waals surface area contributed by atoms with Gasteiger partial charge in [0, 0.05) is 13.2 Å². The fourth-order valence-electron chi connectivity index (χ4n) is 3.05. The Kier molecular flexibility index (Phi) is 4.01. The van der Waals surface area contributed by atoms with Gasteiger partial charge in [-0.2, -0.15) is 13.2 Å². The molecule has 0 bridgehead atoms. The Labute approximate surface area is 115 Å². The maximum absolute atomic E-state index is 13.7. The zero-order valence-corrected chi connectivity index (χ0v) is 11.5. The Morgan fingerprint density at radius 1 is 1.20 bits per heavy atom. The van der Waals surface area contributed by atoms with E-state index in [2.05, 4.69) is 0 Å². The molecule has 114 valence electrons. The van der Waals surface area contributed by atoms with Crippen LogP contribution < -0.4 is 5.14 Å². The summed E-state index contributed by atoms with van der Waals surface area (Å²) < 4.78 is 69.5. The van der Waals surface area contributed by atoms with Gasteiger partial charge in [-0.1, -0.05) is 24.3 Å². The van der Waals surface area contributed by atoms with Gasteiger partial charge in [0.15, 0.2) is 0 Å². The van der Waals surface area contributed by atoms with E-state index in [0.717, 1.165) is 12.2 Å². The van der Waals surface area contributed by atoms with Gasteiger partial charge in [-0.25, -0.2) is 13.6 Å². The third-order valence-electron chi connectivity index (χ3n) is 3.98. The smallest absolute Gasteiger partial charge is 0.381 e. The second-order valence-corrected chi connectivity index (χ2v) is 6.76. The molecular weight excluding hydrogens is 295 g/mol. The normalized spacial score (nSPS) is 32.5. The van der Waals surface area contributed by atoms with Crippen molar-refractivity contribution in [1.29, 1.82) is 0 Å². The molecule has 0 amide bonds. The first kappa shape index (κ1) is 15.5. The van der Waals surface area contributed by atoms with Crippen LogP contribution in [0.3, 0.4) is 0 Å². The summed E-state index contributed by atoms with van der Waals surface area (Å²) in [5, 5.41) is 3.26. The van der Waals surface area contributed by atoms with Crippen LogP contribution in [0.15, 0.2) is 24.3 Å². The molecule has 1 fully saturated rings. The Balaban J connectivity index is 2.55. The molecule has 2 unspecified atom stereocenters. The van der Waals surface area contributed by atoms with Crippen molar-refractivity contribution in [2.75, 3.05) is 13.2 Å². The lowest BCUT2D eigenvalue weighted by Crippen LogP contribution is -2.56. The molecule has 1 aliphatic heterocycles. The minimum atomic E-state index is -4.70. The Morgan fingerprint density at radius 3 is 2.30 bits per heavy atom. The van der Waals surface area contributed by atoms with Crippen molar-refractivity contribution in [1.82, 2.24) is 0 Å². The van der Waals surface area contributed by atoms with E-state index in [1.165, 1.54) is 12.2 Å². The Bertz CT molecular complexity index is 521. The lowest BCUT2D eigenvalue weighted by Gasteiger charge is -2.45. The summed E-state index contributed by atoms with van der Waals surface area (Å²) in [6.07, 6.45) is 0.111. The highest BCUT2D eigenvalue weighted by molar-refractivity contribution is 7.90. The van der Waals surface area contributed by atoms with Crippen LogP contribution in [0.5, 0.6) is 0 Å². The van der Waals surface area contributed by atoms with Gasteiger partial charge in [0.1, 0.15) is 10.7 Å². The second kappa shape index (κ2) is 5.16. The lowest BCUT2D eigenvalue weighted by atomic mass is 9.67. The van der Waals surface area contributed by atoms with E-state index < -0.39 is 32.8 Å². The topological polar surface area (TPSA) is 69.4 Å². The van der Waals surface area contributed by atoms with Crippen LogP contribution >= 0.6 is 0 Å². The first-order valence-corrected chi connectivity index (χ1v) is 7.82. The largest absolute Gasteiger partial charge is 0.399 e. The molecule has 0 aromatic carbocycles. The molecule has 0 aromatic heterocycles. The first-order chi connectivity index (χ1) is 9.19. The number of sulfonamides is 1. The molecule has 0 spiro atoms. The predicted molar refractivity (Wildman–Crippen MR) is 67.2 cm³/mol. The zero-order valence-electron chi connectivity index (χ0n) is 10.6. The molecule has 20 heavy (non-hydrogen) atoms. The van der Waals surface area contributed by atoms with Gasteiger partial charge in [0.2, 0.25) is 10.0 Å². The molecule has 1 aliphatic carbocycles. The van der Waals surface area contributed by atoms with Crippen LogP contribution in [0.1, 0.15) is 12.8 Å². The maximum atomic E-state index is 13.7. The number of alkyl halides is 3. The standard InChI is InChI=1S/C12H16F3NO3S/c13-12(14,15)11(9-4-7-19-8-5-9)6-2-1-3-10(11)20(16,17)18/h1-3,6,9-10H,4-5,7-8H2,(H2,16,17,18). The molecule has 0 radical (unpaired) electrons. The van der Waals surface area contributed by atoms with E-state index in [4.69, 9.17) is 9.88 Å². The SMILES string of the molecule is NS(=O)(=O)C1C=CC=CC1(C1CCOCC1)C(F)(F)F. The molecule has 4 nitrogen and oxygen atoms in total. The van der Waals surface area contributed by atoms with Crippen molar-refractivity contribution in [3.05, 3.63) is 24.3 Å². The number of primary sulfonamides is 1. The van der Waals surface area contributed by atoms with Crippen LogP contribution in [0, 0.1) is 11.3 Å². The molecule has 2 aliphatic rings. The number of hydrogen-bond donors (Lipinski definition) is 1. The Hall–Kier alpha value is -0.860. The number of allylic oxidation sites excluding steroid dienone is 3. The van der Waals surface area contributed by atoms with Gasteiger partial charge in [-0.3, -0.25) is 0 Å². The van der Waals surface area contributed by atoms with E-state index in [-0.39, 0.29) is 26.1 Å². The molecule has 2 atom stereocenters. The minimum absolute atomic E-state index is 0.156. The number of ether oxygens (including phenoxy) is 1. The third kappa shape index (κ3) is 2.51. The number of hydrogen-bond acceptors (Lipinski definition) is 3. The summed E-state index contributed by atoms with van der Waals surface area (Å²) in [5.41, 5.74) is -2.47. The average Bonchev–Trinajstić information content (AvgIpc) is 2.37. The van der Waals surface area contributed by atoms with E-state index in [9.17, 15) is 21.6 Å². The molecule has 2 rings (SSSR count). The fourth-order valence-corrected chi connectivity index (χ4v) is 4.30. The summed E-state index contributed by atoms with van der Waals surface area (Å²) in [6, 6.07) is 0. The first-order valence-electron chi connectivity index (χ1n) is 6.21. The van der Waals surface area contributed by atoms with Crippen molar-refractivity contribution in [3.63, 3.8) is 0 Å². The second-order valence-electron chi connectivity index (χ2n) is 5.07. The summed E-state index contributed by atoms with van der Waals surface area (Å²) in [5.74, 6) is -0.860.